The number of benzene rings is 1. The van der Waals surface area contributed by atoms with Crippen LogP contribution in [-0.2, 0) is 17.6 Å². The first-order valence-electron chi connectivity index (χ1n) is 8.05. The molecule has 1 heterocycles. The average molecular weight is 312 g/mol. The van der Waals surface area contributed by atoms with E-state index in [9.17, 15) is 4.79 Å². The van der Waals surface area contributed by atoms with Gasteiger partial charge in [0.1, 0.15) is 5.75 Å². The molecule has 2 rings (SSSR count). The maximum atomic E-state index is 12.3. The molecule has 122 valence electrons. The number of rotatable bonds is 8. The van der Waals surface area contributed by atoms with Crippen molar-refractivity contribution >= 4 is 5.91 Å². The van der Waals surface area contributed by atoms with Crippen LogP contribution in [-0.4, -0.2) is 36.0 Å². The fourth-order valence-corrected chi connectivity index (χ4v) is 2.39. The van der Waals surface area contributed by atoms with Crippen LogP contribution in [0.3, 0.4) is 0 Å². The van der Waals surface area contributed by atoms with Gasteiger partial charge in [0.05, 0.1) is 6.61 Å². The molecule has 0 spiro atoms. The Balaban J connectivity index is 1.82. The van der Waals surface area contributed by atoms with E-state index >= 15 is 0 Å². The number of ether oxygens (including phenoxy) is 1. The second-order valence-corrected chi connectivity index (χ2v) is 5.43. The molecule has 0 aliphatic carbocycles. The number of carbonyl (C=O) groups is 1. The maximum Gasteiger partial charge on any atom is 0.222 e. The fraction of sp³-hybridized carbons (Fsp3) is 0.368. The van der Waals surface area contributed by atoms with Crippen LogP contribution in [0, 0.1) is 0 Å². The van der Waals surface area contributed by atoms with Gasteiger partial charge in [0.25, 0.3) is 0 Å². The number of para-hydroxylation sites is 1. The predicted molar refractivity (Wildman–Crippen MR) is 91.5 cm³/mol. The van der Waals surface area contributed by atoms with Crippen LogP contribution in [0.2, 0.25) is 0 Å². The molecule has 0 aliphatic heterocycles. The van der Waals surface area contributed by atoms with Gasteiger partial charge in [-0.15, -0.1) is 0 Å². The van der Waals surface area contributed by atoms with E-state index in [2.05, 4.69) is 4.98 Å². The van der Waals surface area contributed by atoms with Gasteiger partial charge in [-0.05, 0) is 37.1 Å². The van der Waals surface area contributed by atoms with E-state index < -0.39 is 0 Å². The van der Waals surface area contributed by atoms with Crippen molar-refractivity contribution in [2.24, 2.45) is 0 Å². The number of amides is 1. The number of carbonyl (C=O) groups excluding carboxylic acids is 1. The molecule has 0 aliphatic rings. The molecule has 0 bridgehead atoms. The molecule has 1 amide bonds. The van der Waals surface area contributed by atoms with Gasteiger partial charge in [-0.2, -0.15) is 0 Å². The Morgan fingerprint density at radius 2 is 1.91 bits per heavy atom. The summed E-state index contributed by atoms with van der Waals surface area (Å²) in [6, 6.07) is 13.8. The lowest BCUT2D eigenvalue weighted by molar-refractivity contribution is -0.129. The normalized spacial score (nSPS) is 10.3. The number of nitrogens with zero attached hydrogens (tertiary/aromatic N) is 2. The Kier molecular flexibility index (Phi) is 6.60. The summed E-state index contributed by atoms with van der Waals surface area (Å²) in [6.07, 6.45) is 3.74. The Hall–Kier alpha value is -2.36. The van der Waals surface area contributed by atoms with Crippen molar-refractivity contribution in [3.05, 3.63) is 59.9 Å². The summed E-state index contributed by atoms with van der Waals surface area (Å²) in [5.74, 6) is 1.02. The average Bonchev–Trinajstić information content (AvgIpc) is 2.59. The van der Waals surface area contributed by atoms with E-state index in [4.69, 9.17) is 4.74 Å². The summed E-state index contributed by atoms with van der Waals surface area (Å²) < 4.78 is 5.60. The Bertz CT molecular complexity index is 614. The van der Waals surface area contributed by atoms with Gasteiger partial charge in [0.15, 0.2) is 0 Å². The summed E-state index contributed by atoms with van der Waals surface area (Å²) in [5, 5.41) is 0. The highest BCUT2D eigenvalue weighted by Gasteiger charge is 2.11. The number of pyridine rings is 1. The van der Waals surface area contributed by atoms with E-state index in [0.29, 0.717) is 26.0 Å². The quantitative estimate of drug-likeness (QED) is 0.752. The maximum absolute atomic E-state index is 12.3. The third-order valence-corrected chi connectivity index (χ3v) is 3.74. The molecule has 2 aromatic rings. The fourth-order valence-electron chi connectivity index (χ4n) is 2.39. The highest BCUT2D eigenvalue weighted by molar-refractivity contribution is 5.76. The monoisotopic (exact) mass is 312 g/mol. The van der Waals surface area contributed by atoms with E-state index in [1.807, 2.05) is 56.4 Å². The van der Waals surface area contributed by atoms with E-state index in [0.717, 1.165) is 23.4 Å². The highest BCUT2D eigenvalue weighted by Crippen LogP contribution is 2.19. The molecule has 0 unspecified atom stereocenters. The molecule has 0 saturated heterocycles. The van der Waals surface area contributed by atoms with Gasteiger partial charge >= 0.3 is 0 Å². The minimum Gasteiger partial charge on any atom is -0.494 e. The van der Waals surface area contributed by atoms with Gasteiger partial charge in [-0.3, -0.25) is 9.78 Å². The summed E-state index contributed by atoms with van der Waals surface area (Å²) >= 11 is 0. The first kappa shape index (κ1) is 17.0. The third kappa shape index (κ3) is 5.40. The minimum absolute atomic E-state index is 0.146. The van der Waals surface area contributed by atoms with Crippen molar-refractivity contribution in [2.45, 2.75) is 26.2 Å². The third-order valence-electron chi connectivity index (χ3n) is 3.74. The van der Waals surface area contributed by atoms with Crippen molar-refractivity contribution in [1.29, 1.82) is 0 Å². The van der Waals surface area contributed by atoms with E-state index in [1.165, 1.54) is 0 Å². The molecule has 23 heavy (non-hydrogen) atoms. The highest BCUT2D eigenvalue weighted by atomic mass is 16.5. The Labute approximate surface area is 138 Å². The Morgan fingerprint density at radius 1 is 1.13 bits per heavy atom. The minimum atomic E-state index is 0.146. The van der Waals surface area contributed by atoms with Crippen LogP contribution in [0.4, 0.5) is 0 Å². The summed E-state index contributed by atoms with van der Waals surface area (Å²) in [4.78, 5) is 18.3. The molecular formula is C19H24N2O2. The molecule has 4 heteroatoms. The largest absolute Gasteiger partial charge is 0.494 e. The lowest BCUT2D eigenvalue weighted by Gasteiger charge is -2.17. The first-order chi connectivity index (χ1) is 11.2. The Morgan fingerprint density at radius 3 is 2.65 bits per heavy atom. The molecule has 0 radical (unpaired) electrons. The van der Waals surface area contributed by atoms with Crippen molar-refractivity contribution in [3.8, 4) is 5.75 Å². The zero-order valence-electron chi connectivity index (χ0n) is 13.9. The van der Waals surface area contributed by atoms with E-state index in [1.54, 1.807) is 11.1 Å². The zero-order chi connectivity index (χ0) is 16.5. The number of hydrogen-bond donors (Lipinski definition) is 0. The number of likely N-dealkylation sites (N-methyl/N-ethyl adjacent to an activating group) is 1. The molecule has 1 aromatic carbocycles. The van der Waals surface area contributed by atoms with Crippen LogP contribution in [0.25, 0.3) is 0 Å². The molecule has 0 atom stereocenters. The van der Waals surface area contributed by atoms with Crippen molar-refractivity contribution in [1.82, 2.24) is 9.88 Å². The molecular weight excluding hydrogens is 288 g/mol. The van der Waals surface area contributed by atoms with Crippen LogP contribution in [0.5, 0.6) is 5.75 Å². The van der Waals surface area contributed by atoms with Crippen molar-refractivity contribution in [3.63, 3.8) is 0 Å². The van der Waals surface area contributed by atoms with Crippen molar-refractivity contribution < 1.29 is 9.53 Å². The van der Waals surface area contributed by atoms with Gasteiger partial charge in [0, 0.05) is 38.3 Å². The van der Waals surface area contributed by atoms with Crippen LogP contribution in [0.1, 0.15) is 24.6 Å². The van der Waals surface area contributed by atoms with E-state index in [-0.39, 0.29) is 5.91 Å². The second-order valence-electron chi connectivity index (χ2n) is 5.43. The molecule has 0 saturated carbocycles. The lowest BCUT2D eigenvalue weighted by atomic mass is 10.1. The van der Waals surface area contributed by atoms with Crippen molar-refractivity contribution in [2.75, 3.05) is 20.2 Å². The second kappa shape index (κ2) is 8.93. The van der Waals surface area contributed by atoms with Crippen LogP contribution < -0.4 is 4.74 Å². The van der Waals surface area contributed by atoms with Gasteiger partial charge < -0.3 is 9.64 Å². The van der Waals surface area contributed by atoms with Gasteiger partial charge in [-0.1, -0.05) is 24.3 Å². The van der Waals surface area contributed by atoms with Crippen LogP contribution in [0.15, 0.2) is 48.7 Å². The summed E-state index contributed by atoms with van der Waals surface area (Å²) in [7, 11) is 1.85. The standard InChI is InChI=1S/C19H24N2O2/c1-3-23-18-10-5-4-8-16(18)11-12-19(22)21(2)15-13-17-9-6-7-14-20-17/h4-10,14H,3,11-13,15H2,1-2H3. The summed E-state index contributed by atoms with van der Waals surface area (Å²) in [5.41, 5.74) is 2.09. The molecule has 1 aromatic heterocycles. The number of aromatic nitrogens is 1. The summed E-state index contributed by atoms with van der Waals surface area (Å²) in [6.45, 7) is 3.28. The molecule has 0 N–H and O–H groups in total. The number of aryl methyl sites for hydroxylation is 1. The topological polar surface area (TPSA) is 42.4 Å². The SMILES string of the molecule is CCOc1ccccc1CCC(=O)N(C)CCc1ccccn1. The number of hydrogen-bond acceptors (Lipinski definition) is 3. The zero-order valence-corrected chi connectivity index (χ0v) is 13.9. The van der Waals surface area contributed by atoms with Crippen LogP contribution >= 0.6 is 0 Å². The van der Waals surface area contributed by atoms with Gasteiger partial charge in [0.2, 0.25) is 5.91 Å². The first-order valence-corrected chi connectivity index (χ1v) is 8.05. The smallest absolute Gasteiger partial charge is 0.222 e. The molecule has 0 fully saturated rings. The molecule has 4 nitrogen and oxygen atoms in total. The lowest BCUT2D eigenvalue weighted by Crippen LogP contribution is -2.29. The van der Waals surface area contributed by atoms with Gasteiger partial charge in [-0.25, -0.2) is 0 Å². The predicted octanol–water partition coefficient (Wildman–Crippen LogP) is 3.11.